The highest BCUT2D eigenvalue weighted by atomic mass is 35.5. The van der Waals surface area contributed by atoms with Crippen molar-refractivity contribution in [1.29, 1.82) is 0 Å². The third kappa shape index (κ3) is 3.66. The Bertz CT molecular complexity index is 443. The third-order valence-electron chi connectivity index (χ3n) is 1.44. The number of carboxylic acid groups (broad SMARTS) is 1. The van der Waals surface area contributed by atoms with E-state index in [0.717, 1.165) is 11.5 Å². The van der Waals surface area contributed by atoms with Gasteiger partial charge >= 0.3 is 5.97 Å². The van der Waals surface area contributed by atoms with E-state index in [1.807, 2.05) is 0 Å². The Morgan fingerprint density at radius 1 is 1.40 bits per heavy atom. The summed E-state index contributed by atoms with van der Waals surface area (Å²) < 4.78 is 11.5. The average Bonchev–Trinajstić information content (AvgIpc) is 2.18. The number of carboxylic acids is 1. The number of benzene rings is 1. The van der Waals surface area contributed by atoms with Gasteiger partial charge in [-0.05, 0) is 18.2 Å². The normalized spacial score (nSPS) is 12.9. The van der Waals surface area contributed by atoms with E-state index in [1.165, 1.54) is 12.1 Å². The molecule has 0 saturated heterocycles. The van der Waals surface area contributed by atoms with Gasteiger partial charge in [0.05, 0.1) is 20.7 Å². The summed E-state index contributed by atoms with van der Waals surface area (Å²) in [5.74, 6) is -1.17. The molecule has 0 spiro atoms. The van der Waals surface area contributed by atoms with Crippen LogP contribution in [-0.4, -0.2) is 15.3 Å². The van der Waals surface area contributed by atoms with Crippen molar-refractivity contribution in [2.24, 2.45) is 0 Å². The van der Waals surface area contributed by atoms with E-state index < -0.39 is 16.8 Å². The number of carbonyl (C=O) groups is 1. The smallest absolute Gasteiger partial charge is 0.328 e. The molecule has 0 amide bonds. The first-order chi connectivity index (χ1) is 7.00. The van der Waals surface area contributed by atoms with Crippen molar-refractivity contribution in [3.63, 3.8) is 0 Å². The van der Waals surface area contributed by atoms with Gasteiger partial charge in [0.2, 0.25) is 0 Å². The zero-order valence-corrected chi connectivity index (χ0v) is 9.64. The molecule has 0 bridgehead atoms. The van der Waals surface area contributed by atoms with Gasteiger partial charge < -0.3 is 5.11 Å². The molecule has 0 fully saturated rings. The minimum absolute atomic E-state index is 0.285. The van der Waals surface area contributed by atoms with E-state index in [2.05, 4.69) is 0 Å². The zero-order valence-electron chi connectivity index (χ0n) is 7.31. The van der Waals surface area contributed by atoms with Crippen molar-refractivity contribution in [1.82, 2.24) is 0 Å². The largest absolute Gasteiger partial charge is 0.478 e. The molecule has 6 heteroatoms. The van der Waals surface area contributed by atoms with Crippen molar-refractivity contribution in [3.8, 4) is 0 Å². The number of aliphatic carboxylic acids is 1. The molecule has 3 nitrogen and oxygen atoms in total. The average molecular weight is 265 g/mol. The Morgan fingerprint density at radius 3 is 2.67 bits per heavy atom. The fraction of sp³-hybridized carbons (Fsp3) is 0. The summed E-state index contributed by atoms with van der Waals surface area (Å²) in [4.78, 5) is 10.5. The Kier molecular flexibility index (Phi) is 4.32. The van der Waals surface area contributed by atoms with Crippen molar-refractivity contribution in [3.05, 3.63) is 39.7 Å². The molecule has 1 unspecified atom stereocenters. The summed E-state index contributed by atoms with van der Waals surface area (Å²) in [6, 6.07) is 4.50. The van der Waals surface area contributed by atoms with Crippen molar-refractivity contribution >= 4 is 40.0 Å². The van der Waals surface area contributed by atoms with Crippen molar-refractivity contribution in [2.45, 2.75) is 4.90 Å². The van der Waals surface area contributed by atoms with Crippen molar-refractivity contribution in [2.75, 3.05) is 0 Å². The van der Waals surface area contributed by atoms with E-state index in [9.17, 15) is 9.00 Å². The summed E-state index contributed by atoms with van der Waals surface area (Å²) >= 11 is 11.5. The SMILES string of the molecule is O=C(O)/C=C/S(=O)c1cc(Cl)ccc1Cl. The van der Waals surface area contributed by atoms with E-state index in [-0.39, 0.29) is 5.02 Å². The Balaban J connectivity index is 3.01. The molecule has 1 N–H and O–H groups in total. The number of hydrogen-bond donors (Lipinski definition) is 1. The molecule has 1 atom stereocenters. The summed E-state index contributed by atoms with van der Waals surface area (Å²) in [6.45, 7) is 0. The molecule has 0 radical (unpaired) electrons. The third-order valence-corrected chi connectivity index (χ3v) is 3.28. The monoisotopic (exact) mass is 264 g/mol. The molecule has 0 saturated carbocycles. The van der Waals surface area contributed by atoms with Crippen LogP contribution in [0.3, 0.4) is 0 Å². The molecule has 0 aliphatic heterocycles. The van der Waals surface area contributed by atoms with E-state index in [1.54, 1.807) is 6.07 Å². The van der Waals surface area contributed by atoms with Crippen LogP contribution in [0, 0.1) is 0 Å². The molecule has 0 aliphatic rings. The molecule has 0 heterocycles. The van der Waals surface area contributed by atoms with Crippen LogP contribution in [0.2, 0.25) is 10.0 Å². The number of rotatable bonds is 3. The molecule has 1 aromatic rings. The molecule has 0 aliphatic carbocycles. The van der Waals surface area contributed by atoms with E-state index >= 15 is 0 Å². The molecular formula is C9H6Cl2O3S. The lowest BCUT2D eigenvalue weighted by Gasteiger charge is -2.00. The van der Waals surface area contributed by atoms with Crippen LogP contribution in [0.4, 0.5) is 0 Å². The second-order valence-electron chi connectivity index (χ2n) is 2.51. The van der Waals surface area contributed by atoms with Crippen LogP contribution < -0.4 is 0 Å². The van der Waals surface area contributed by atoms with Gasteiger partial charge in [0.15, 0.2) is 0 Å². The van der Waals surface area contributed by atoms with Gasteiger partial charge in [0.1, 0.15) is 0 Å². The van der Waals surface area contributed by atoms with E-state index in [4.69, 9.17) is 28.3 Å². The maximum atomic E-state index is 11.5. The second-order valence-corrected chi connectivity index (χ2v) is 4.66. The molecule has 15 heavy (non-hydrogen) atoms. The Labute approximate surface area is 98.8 Å². The number of halogens is 2. The summed E-state index contributed by atoms with van der Waals surface area (Å²) in [5.41, 5.74) is 0. The summed E-state index contributed by atoms with van der Waals surface area (Å²) in [5, 5.41) is 10.1. The van der Waals surface area contributed by atoms with Gasteiger partial charge in [-0.15, -0.1) is 0 Å². The second kappa shape index (κ2) is 5.30. The Hall–Kier alpha value is -0.840. The van der Waals surface area contributed by atoms with Crippen LogP contribution >= 0.6 is 23.2 Å². The molecule has 1 rings (SSSR count). The number of hydrogen-bond acceptors (Lipinski definition) is 2. The predicted octanol–water partition coefficient (Wildman–Crippen LogP) is 2.70. The highest BCUT2D eigenvalue weighted by molar-refractivity contribution is 7.88. The van der Waals surface area contributed by atoms with Crippen LogP contribution in [-0.2, 0) is 15.6 Å². The predicted molar refractivity (Wildman–Crippen MR) is 59.6 cm³/mol. The molecule has 1 aromatic carbocycles. The highest BCUT2D eigenvalue weighted by Gasteiger charge is 2.06. The van der Waals surface area contributed by atoms with Gasteiger partial charge in [0.25, 0.3) is 0 Å². The van der Waals surface area contributed by atoms with Gasteiger partial charge in [-0.25, -0.2) is 9.00 Å². The topological polar surface area (TPSA) is 54.4 Å². The van der Waals surface area contributed by atoms with Crippen LogP contribution in [0.5, 0.6) is 0 Å². The summed E-state index contributed by atoms with van der Waals surface area (Å²) in [6.07, 6.45) is 0.799. The first-order valence-electron chi connectivity index (χ1n) is 3.77. The lowest BCUT2D eigenvalue weighted by molar-refractivity contribution is -0.131. The quantitative estimate of drug-likeness (QED) is 0.855. The highest BCUT2D eigenvalue weighted by Crippen LogP contribution is 2.24. The first kappa shape index (κ1) is 12.2. The van der Waals surface area contributed by atoms with E-state index in [0.29, 0.717) is 9.92 Å². The minimum Gasteiger partial charge on any atom is -0.478 e. The first-order valence-corrected chi connectivity index (χ1v) is 5.74. The molecular weight excluding hydrogens is 259 g/mol. The van der Waals surface area contributed by atoms with Crippen LogP contribution in [0.15, 0.2) is 34.6 Å². The Morgan fingerprint density at radius 2 is 2.07 bits per heavy atom. The van der Waals surface area contributed by atoms with Crippen molar-refractivity contribution < 1.29 is 14.1 Å². The van der Waals surface area contributed by atoms with Gasteiger partial charge in [-0.3, -0.25) is 0 Å². The summed E-state index contributed by atoms with van der Waals surface area (Å²) in [7, 11) is -1.60. The van der Waals surface area contributed by atoms with Gasteiger partial charge in [-0.1, -0.05) is 23.2 Å². The maximum absolute atomic E-state index is 11.5. The standard InChI is InChI=1S/C9H6Cl2O3S/c10-6-1-2-7(11)8(5-6)15(14)4-3-9(12)13/h1-5H,(H,12,13)/b4-3+. The van der Waals surface area contributed by atoms with Gasteiger partial charge in [0, 0.05) is 16.5 Å². The fourth-order valence-electron chi connectivity index (χ4n) is 0.825. The molecule has 0 aromatic heterocycles. The lowest BCUT2D eigenvalue weighted by atomic mass is 10.4. The lowest BCUT2D eigenvalue weighted by Crippen LogP contribution is -1.91. The van der Waals surface area contributed by atoms with Crippen LogP contribution in [0.25, 0.3) is 0 Å². The van der Waals surface area contributed by atoms with Gasteiger partial charge in [-0.2, -0.15) is 0 Å². The minimum atomic E-state index is -1.60. The zero-order chi connectivity index (χ0) is 11.4. The fourth-order valence-corrected chi connectivity index (χ4v) is 2.30. The maximum Gasteiger partial charge on any atom is 0.328 e. The molecule has 80 valence electrons. The van der Waals surface area contributed by atoms with Crippen LogP contribution in [0.1, 0.15) is 0 Å².